The highest BCUT2D eigenvalue weighted by Crippen LogP contribution is 2.23. The minimum Gasteiger partial charge on any atom is -0.350 e. The molecule has 5 heteroatoms. The van der Waals surface area contributed by atoms with Crippen LogP contribution in [0.15, 0.2) is 55.1 Å². The molecule has 100 valence electrons. The van der Waals surface area contributed by atoms with Gasteiger partial charge in [0, 0.05) is 37.7 Å². The Hall–Kier alpha value is -2.69. The summed E-state index contributed by atoms with van der Waals surface area (Å²) in [4.78, 5) is 8.32. The molecule has 0 saturated heterocycles. The first-order valence-corrected chi connectivity index (χ1v) is 6.41. The number of benzene rings is 1. The van der Waals surface area contributed by atoms with E-state index in [0.29, 0.717) is 12.5 Å². The molecule has 3 aromatic rings. The van der Waals surface area contributed by atoms with Gasteiger partial charge in [0.2, 0.25) is 5.95 Å². The second-order valence-electron chi connectivity index (χ2n) is 4.49. The molecule has 0 bridgehead atoms. The van der Waals surface area contributed by atoms with Crippen LogP contribution in [0.5, 0.6) is 0 Å². The summed E-state index contributed by atoms with van der Waals surface area (Å²) in [6.45, 7) is 0.676. The molecule has 0 amide bonds. The van der Waals surface area contributed by atoms with E-state index < -0.39 is 0 Å². The van der Waals surface area contributed by atoms with Crippen LogP contribution >= 0.6 is 0 Å². The zero-order chi connectivity index (χ0) is 13.8. The second-order valence-corrected chi connectivity index (χ2v) is 4.49. The smallest absolute Gasteiger partial charge is 0.222 e. The van der Waals surface area contributed by atoms with Crippen LogP contribution in [0.1, 0.15) is 5.56 Å². The SMILES string of the molecule is Cn1cc(-c2ccccc2CNc2ncccn2)cn1. The average Bonchev–Trinajstić information content (AvgIpc) is 2.93. The fraction of sp³-hybridized carbons (Fsp3) is 0.133. The zero-order valence-corrected chi connectivity index (χ0v) is 11.2. The number of anilines is 1. The molecule has 0 aliphatic heterocycles. The van der Waals surface area contributed by atoms with E-state index in [1.165, 1.54) is 11.1 Å². The van der Waals surface area contributed by atoms with E-state index in [-0.39, 0.29) is 0 Å². The topological polar surface area (TPSA) is 55.6 Å². The first-order valence-electron chi connectivity index (χ1n) is 6.41. The summed E-state index contributed by atoms with van der Waals surface area (Å²) in [7, 11) is 1.92. The van der Waals surface area contributed by atoms with Crippen LogP contribution in [-0.2, 0) is 13.6 Å². The Labute approximate surface area is 117 Å². The van der Waals surface area contributed by atoms with Gasteiger partial charge in [-0.2, -0.15) is 5.10 Å². The first kappa shape index (κ1) is 12.3. The van der Waals surface area contributed by atoms with Gasteiger partial charge in [-0.05, 0) is 17.2 Å². The van der Waals surface area contributed by atoms with Crippen molar-refractivity contribution < 1.29 is 0 Å². The standard InChI is InChI=1S/C15H15N5/c1-20-11-13(10-19-20)14-6-3-2-5-12(14)9-18-15-16-7-4-8-17-15/h2-8,10-11H,9H2,1H3,(H,16,17,18). The minimum absolute atomic E-state index is 0.633. The van der Waals surface area contributed by atoms with Gasteiger partial charge in [-0.15, -0.1) is 0 Å². The highest BCUT2D eigenvalue weighted by molar-refractivity contribution is 5.66. The minimum atomic E-state index is 0.633. The molecule has 3 rings (SSSR count). The Morgan fingerprint density at radius 1 is 1.10 bits per heavy atom. The van der Waals surface area contributed by atoms with E-state index >= 15 is 0 Å². The number of nitrogens with zero attached hydrogens (tertiary/aromatic N) is 4. The average molecular weight is 265 g/mol. The van der Waals surface area contributed by atoms with Crippen LogP contribution < -0.4 is 5.32 Å². The molecule has 0 saturated carbocycles. The molecule has 20 heavy (non-hydrogen) atoms. The van der Waals surface area contributed by atoms with E-state index in [0.717, 1.165) is 5.56 Å². The summed E-state index contributed by atoms with van der Waals surface area (Å²) in [5.74, 6) is 0.633. The van der Waals surface area contributed by atoms with Crippen molar-refractivity contribution in [2.24, 2.45) is 7.05 Å². The predicted octanol–water partition coefficient (Wildman–Crippen LogP) is 2.49. The van der Waals surface area contributed by atoms with E-state index in [1.54, 1.807) is 23.1 Å². The quantitative estimate of drug-likeness (QED) is 0.787. The van der Waals surface area contributed by atoms with Crippen molar-refractivity contribution >= 4 is 5.95 Å². The maximum Gasteiger partial charge on any atom is 0.222 e. The monoisotopic (exact) mass is 265 g/mol. The zero-order valence-electron chi connectivity index (χ0n) is 11.2. The van der Waals surface area contributed by atoms with Crippen LogP contribution in [0.3, 0.4) is 0 Å². The lowest BCUT2D eigenvalue weighted by atomic mass is 10.0. The number of aromatic nitrogens is 4. The molecular formula is C15H15N5. The van der Waals surface area contributed by atoms with Crippen LogP contribution in [0.2, 0.25) is 0 Å². The largest absolute Gasteiger partial charge is 0.350 e. The number of hydrogen-bond donors (Lipinski definition) is 1. The van der Waals surface area contributed by atoms with Crippen LogP contribution in [0, 0.1) is 0 Å². The van der Waals surface area contributed by atoms with Crippen LogP contribution in [0.25, 0.3) is 11.1 Å². The van der Waals surface area contributed by atoms with Crippen LogP contribution in [0.4, 0.5) is 5.95 Å². The van der Waals surface area contributed by atoms with Crippen molar-refractivity contribution in [2.75, 3.05) is 5.32 Å². The Kier molecular flexibility index (Phi) is 3.41. The number of hydrogen-bond acceptors (Lipinski definition) is 4. The van der Waals surface area contributed by atoms with Crippen molar-refractivity contribution in [3.05, 3.63) is 60.7 Å². The molecule has 0 atom stereocenters. The van der Waals surface area contributed by atoms with Crippen molar-refractivity contribution in [1.82, 2.24) is 19.7 Å². The number of rotatable bonds is 4. The Morgan fingerprint density at radius 3 is 2.65 bits per heavy atom. The third kappa shape index (κ3) is 2.66. The van der Waals surface area contributed by atoms with Gasteiger partial charge in [-0.3, -0.25) is 4.68 Å². The maximum atomic E-state index is 4.22. The van der Waals surface area contributed by atoms with Crippen molar-refractivity contribution in [3.8, 4) is 11.1 Å². The molecule has 0 aliphatic rings. The summed E-state index contributed by atoms with van der Waals surface area (Å²) in [5, 5.41) is 7.45. The molecule has 2 aromatic heterocycles. The van der Waals surface area contributed by atoms with Crippen molar-refractivity contribution in [3.63, 3.8) is 0 Å². The highest BCUT2D eigenvalue weighted by Gasteiger charge is 2.06. The van der Waals surface area contributed by atoms with Gasteiger partial charge in [-0.25, -0.2) is 9.97 Å². The van der Waals surface area contributed by atoms with Gasteiger partial charge in [-0.1, -0.05) is 24.3 Å². The molecule has 0 unspecified atom stereocenters. The Bertz CT molecular complexity index is 690. The first-order chi connectivity index (χ1) is 9.83. The van der Waals surface area contributed by atoms with Gasteiger partial charge in [0.15, 0.2) is 0 Å². The summed E-state index contributed by atoms with van der Waals surface area (Å²) >= 11 is 0. The fourth-order valence-corrected chi connectivity index (χ4v) is 2.08. The predicted molar refractivity (Wildman–Crippen MR) is 78.0 cm³/mol. The third-order valence-electron chi connectivity index (χ3n) is 3.04. The molecule has 0 aliphatic carbocycles. The van der Waals surface area contributed by atoms with Crippen molar-refractivity contribution in [1.29, 1.82) is 0 Å². The van der Waals surface area contributed by atoms with Crippen molar-refractivity contribution in [2.45, 2.75) is 6.54 Å². The molecule has 0 fully saturated rings. The lowest BCUT2D eigenvalue weighted by Crippen LogP contribution is -2.04. The van der Waals surface area contributed by atoms with E-state index in [9.17, 15) is 0 Å². The lowest BCUT2D eigenvalue weighted by Gasteiger charge is -2.09. The van der Waals surface area contributed by atoms with Gasteiger partial charge in [0.1, 0.15) is 0 Å². The highest BCUT2D eigenvalue weighted by atomic mass is 15.2. The Morgan fingerprint density at radius 2 is 1.90 bits per heavy atom. The summed E-state index contributed by atoms with van der Waals surface area (Å²) < 4.78 is 1.81. The molecule has 1 N–H and O–H groups in total. The second kappa shape index (κ2) is 5.52. The molecule has 2 heterocycles. The van der Waals surface area contributed by atoms with E-state index in [2.05, 4.69) is 32.5 Å². The van der Waals surface area contributed by atoms with Gasteiger partial charge >= 0.3 is 0 Å². The lowest BCUT2D eigenvalue weighted by molar-refractivity contribution is 0.768. The van der Waals surface area contributed by atoms with Crippen LogP contribution in [-0.4, -0.2) is 19.7 Å². The third-order valence-corrected chi connectivity index (χ3v) is 3.04. The summed E-state index contributed by atoms with van der Waals surface area (Å²) in [6, 6.07) is 10.1. The molecular weight excluding hydrogens is 250 g/mol. The molecule has 5 nitrogen and oxygen atoms in total. The van der Waals surface area contributed by atoms with Gasteiger partial charge in [0.05, 0.1) is 6.20 Å². The van der Waals surface area contributed by atoms with Gasteiger partial charge in [0.25, 0.3) is 0 Å². The number of nitrogens with one attached hydrogen (secondary N) is 1. The molecule has 0 spiro atoms. The summed E-state index contributed by atoms with van der Waals surface area (Å²) in [6.07, 6.45) is 7.33. The molecule has 1 aromatic carbocycles. The summed E-state index contributed by atoms with van der Waals surface area (Å²) in [5.41, 5.74) is 3.47. The number of aryl methyl sites for hydroxylation is 1. The Balaban J connectivity index is 1.83. The normalized spacial score (nSPS) is 10.4. The van der Waals surface area contributed by atoms with Gasteiger partial charge < -0.3 is 5.32 Å². The maximum absolute atomic E-state index is 4.22. The fourth-order valence-electron chi connectivity index (χ4n) is 2.08. The molecule has 0 radical (unpaired) electrons. The van der Waals surface area contributed by atoms with E-state index in [1.807, 2.05) is 31.6 Å². The van der Waals surface area contributed by atoms with E-state index in [4.69, 9.17) is 0 Å².